The van der Waals surface area contributed by atoms with Crippen LogP contribution in [0.4, 0.5) is 0 Å². The predicted octanol–water partition coefficient (Wildman–Crippen LogP) is 6.74. The van der Waals surface area contributed by atoms with Gasteiger partial charge >= 0.3 is 5.97 Å². The molecule has 186 valence electrons. The van der Waals surface area contributed by atoms with Crippen molar-refractivity contribution in [1.82, 2.24) is 4.90 Å². The number of hydrogen-bond acceptors (Lipinski definition) is 5. The van der Waals surface area contributed by atoms with Crippen LogP contribution in [0.3, 0.4) is 0 Å². The second kappa shape index (κ2) is 11.9. The molecule has 0 saturated heterocycles. The number of ether oxygens (including phenoxy) is 3. The Balaban J connectivity index is 2.11. The standard InChI is InChI=1S/C30H37NO4/c1-22(24-15-11-8-12-16-24)31(21-23-13-9-7-10-14-23)27(20-29(32)35-30(2,3)4)26-18-17-25(33-5)19-28(26)34-6/h7-19,22,27H,20-21H2,1-6H3/t22-,27?/m1/s1. The molecular formula is C30H37NO4. The van der Waals surface area contributed by atoms with E-state index >= 15 is 0 Å². The molecule has 0 radical (unpaired) electrons. The Morgan fingerprint density at radius 1 is 0.886 bits per heavy atom. The Morgan fingerprint density at radius 3 is 2.09 bits per heavy atom. The lowest BCUT2D eigenvalue weighted by Crippen LogP contribution is -2.34. The van der Waals surface area contributed by atoms with Gasteiger partial charge in [-0.2, -0.15) is 0 Å². The Kier molecular flexibility index (Phi) is 8.94. The highest BCUT2D eigenvalue weighted by atomic mass is 16.6. The molecule has 35 heavy (non-hydrogen) atoms. The summed E-state index contributed by atoms with van der Waals surface area (Å²) in [5.41, 5.74) is 2.68. The van der Waals surface area contributed by atoms with E-state index in [9.17, 15) is 4.79 Å². The third kappa shape index (κ3) is 7.33. The van der Waals surface area contributed by atoms with Gasteiger partial charge in [-0.15, -0.1) is 0 Å². The van der Waals surface area contributed by atoms with Crippen LogP contribution in [0, 0.1) is 0 Å². The number of benzene rings is 3. The van der Waals surface area contributed by atoms with E-state index in [-0.39, 0.29) is 24.5 Å². The lowest BCUT2D eigenvalue weighted by molar-refractivity contribution is -0.156. The SMILES string of the molecule is COc1ccc(C(CC(=O)OC(C)(C)C)N(Cc2ccccc2)[C@H](C)c2ccccc2)c(OC)c1. The first-order valence-corrected chi connectivity index (χ1v) is 12.0. The minimum absolute atomic E-state index is 0.0238. The quantitative estimate of drug-likeness (QED) is 0.304. The maximum absolute atomic E-state index is 13.2. The van der Waals surface area contributed by atoms with E-state index in [2.05, 4.69) is 36.1 Å². The van der Waals surface area contributed by atoms with Crippen molar-refractivity contribution >= 4 is 5.97 Å². The van der Waals surface area contributed by atoms with Gasteiger partial charge in [0, 0.05) is 30.3 Å². The summed E-state index contributed by atoms with van der Waals surface area (Å²) in [5.74, 6) is 1.13. The van der Waals surface area contributed by atoms with Crippen molar-refractivity contribution in [3.05, 3.63) is 95.6 Å². The van der Waals surface area contributed by atoms with Crippen molar-refractivity contribution in [2.45, 2.75) is 58.3 Å². The van der Waals surface area contributed by atoms with Crippen LogP contribution in [0.5, 0.6) is 11.5 Å². The second-order valence-corrected chi connectivity index (χ2v) is 9.66. The van der Waals surface area contributed by atoms with Gasteiger partial charge in [-0.3, -0.25) is 9.69 Å². The molecule has 3 aromatic carbocycles. The van der Waals surface area contributed by atoms with Gasteiger partial charge in [0.15, 0.2) is 0 Å². The molecule has 3 rings (SSSR count). The van der Waals surface area contributed by atoms with Crippen molar-refractivity contribution in [2.24, 2.45) is 0 Å². The maximum Gasteiger partial charge on any atom is 0.308 e. The van der Waals surface area contributed by atoms with Crippen LogP contribution >= 0.6 is 0 Å². The molecule has 3 aromatic rings. The van der Waals surface area contributed by atoms with E-state index in [0.717, 1.165) is 11.1 Å². The van der Waals surface area contributed by atoms with Crippen LogP contribution in [0.2, 0.25) is 0 Å². The summed E-state index contributed by atoms with van der Waals surface area (Å²) in [4.78, 5) is 15.5. The summed E-state index contributed by atoms with van der Waals surface area (Å²) in [7, 11) is 3.27. The largest absolute Gasteiger partial charge is 0.497 e. The van der Waals surface area contributed by atoms with Crippen molar-refractivity contribution in [1.29, 1.82) is 0 Å². The van der Waals surface area contributed by atoms with Gasteiger partial charge in [-0.1, -0.05) is 66.7 Å². The van der Waals surface area contributed by atoms with Gasteiger partial charge < -0.3 is 14.2 Å². The summed E-state index contributed by atoms with van der Waals surface area (Å²) >= 11 is 0. The zero-order valence-corrected chi connectivity index (χ0v) is 21.7. The average Bonchev–Trinajstić information content (AvgIpc) is 2.85. The highest BCUT2D eigenvalue weighted by Gasteiger charge is 2.32. The number of carbonyl (C=O) groups is 1. The zero-order valence-electron chi connectivity index (χ0n) is 21.7. The molecule has 0 spiro atoms. The fourth-order valence-corrected chi connectivity index (χ4v) is 4.27. The van der Waals surface area contributed by atoms with Crippen LogP contribution in [-0.2, 0) is 16.1 Å². The van der Waals surface area contributed by atoms with Crippen molar-refractivity contribution in [2.75, 3.05) is 14.2 Å². The second-order valence-electron chi connectivity index (χ2n) is 9.66. The van der Waals surface area contributed by atoms with Crippen LogP contribution in [-0.4, -0.2) is 30.7 Å². The van der Waals surface area contributed by atoms with Gasteiger partial charge in [0.05, 0.1) is 20.6 Å². The number of carbonyl (C=O) groups excluding carboxylic acids is 1. The molecule has 0 bridgehead atoms. The minimum Gasteiger partial charge on any atom is -0.497 e. The van der Waals surface area contributed by atoms with E-state index in [1.54, 1.807) is 14.2 Å². The van der Waals surface area contributed by atoms with Crippen LogP contribution in [0.15, 0.2) is 78.9 Å². The van der Waals surface area contributed by atoms with Crippen LogP contribution in [0.1, 0.15) is 62.9 Å². The smallest absolute Gasteiger partial charge is 0.308 e. The molecule has 5 heteroatoms. The molecule has 0 aromatic heterocycles. The van der Waals surface area contributed by atoms with Crippen LogP contribution < -0.4 is 9.47 Å². The fraction of sp³-hybridized carbons (Fsp3) is 0.367. The average molecular weight is 476 g/mol. The van der Waals surface area contributed by atoms with Gasteiger partial charge in [-0.05, 0) is 44.9 Å². The lowest BCUT2D eigenvalue weighted by Gasteiger charge is -2.38. The Morgan fingerprint density at radius 2 is 1.51 bits per heavy atom. The number of esters is 1. The highest BCUT2D eigenvalue weighted by molar-refractivity contribution is 5.71. The van der Waals surface area contributed by atoms with Crippen molar-refractivity contribution in [3.8, 4) is 11.5 Å². The molecule has 0 aliphatic carbocycles. The van der Waals surface area contributed by atoms with Gasteiger partial charge in [0.1, 0.15) is 17.1 Å². The fourth-order valence-electron chi connectivity index (χ4n) is 4.27. The van der Waals surface area contributed by atoms with E-state index < -0.39 is 5.60 Å². The van der Waals surface area contributed by atoms with Gasteiger partial charge in [0.25, 0.3) is 0 Å². The van der Waals surface area contributed by atoms with Gasteiger partial charge in [0.2, 0.25) is 0 Å². The topological polar surface area (TPSA) is 48.0 Å². The molecule has 0 amide bonds. The van der Waals surface area contributed by atoms with E-state index in [1.165, 1.54) is 5.56 Å². The molecule has 2 atom stereocenters. The molecule has 0 aliphatic heterocycles. The van der Waals surface area contributed by atoms with E-state index in [0.29, 0.717) is 18.0 Å². The first-order valence-electron chi connectivity index (χ1n) is 12.0. The van der Waals surface area contributed by atoms with Gasteiger partial charge in [-0.25, -0.2) is 0 Å². The third-order valence-corrected chi connectivity index (χ3v) is 5.97. The monoisotopic (exact) mass is 475 g/mol. The predicted molar refractivity (Wildman–Crippen MR) is 140 cm³/mol. The zero-order chi connectivity index (χ0) is 25.4. The third-order valence-electron chi connectivity index (χ3n) is 5.97. The number of nitrogens with zero attached hydrogens (tertiary/aromatic N) is 1. The summed E-state index contributed by atoms with van der Waals surface area (Å²) < 4.78 is 17.0. The summed E-state index contributed by atoms with van der Waals surface area (Å²) in [5, 5.41) is 0. The summed E-state index contributed by atoms with van der Waals surface area (Å²) in [6.07, 6.45) is 0.184. The molecule has 0 N–H and O–H groups in total. The number of methoxy groups -OCH3 is 2. The highest BCUT2D eigenvalue weighted by Crippen LogP contribution is 2.40. The molecule has 0 heterocycles. The molecule has 5 nitrogen and oxygen atoms in total. The first kappa shape index (κ1) is 26.3. The number of hydrogen-bond donors (Lipinski definition) is 0. The van der Waals surface area contributed by atoms with Crippen molar-refractivity contribution in [3.63, 3.8) is 0 Å². The van der Waals surface area contributed by atoms with E-state index in [4.69, 9.17) is 14.2 Å². The van der Waals surface area contributed by atoms with E-state index in [1.807, 2.05) is 75.4 Å². The molecular weight excluding hydrogens is 438 g/mol. The van der Waals surface area contributed by atoms with Crippen LogP contribution in [0.25, 0.3) is 0 Å². The Labute approximate surface area is 209 Å². The molecule has 0 saturated carbocycles. The molecule has 0 fully saturated rings. The maximum atomic E-state index is 13.2. The molecule has 1 unspecified atom stereocenters. The Bertz CT molecular complexity index is 1080. The minimum atomic E-state index is -0.569. The molecule has 0 aliphatic rings. The summed E-state index contributed by atoms with van der Waals surface area (Å²) in [6.45, 7) is 8.50. The first-order chi connectivity index (χ1) is 16.7. The lowest BCUT2D eigenvalue weighted by atomic mass is 9.95. The normalized spacial score (nSPS) is 13.2. The van der Waals surface area contributed by atoms with Crippen molar-refractivity contribution < 1.29 is 19.0 Å². The summed E-state index contributed by atoms with van der Waals surface area (Å²) in [6, 6.07) is 26.2. The number of rotatable bonds is 10. The Hall–Kier alpha value is -3.31.